The molecule has 0 spiro atoms. The van der Waals surface area contributed by atoms with Crippen LogP contribution in [0.15, 0.2) is 0 Å². The molecule has 7 heteroatoms. The van der Waals surface area contributed by atoms with Crippen molar-refractivity contribution in [1.82, 2.24) is 26.4 Å². The van der Waals surface area contributed by atoms with Crippen molar-refractivity contribution in [3.05, 3.63) is 0 Å². The lowest BCUT2D eigenvalue weighted by molar-refractivity contribution is -0.148. The van der Waals surface area contributed by atoms with Crippen molar-refractivity contribution >= 4 is 11.8 Å². The zero-order valence-corrected chi connectivity index (χ0v) is 20.1. The Morgan fingerprint density at radius 2 is 1.81 bits per heavy atom. The minimum absolute atomic E-state index is 0.0974. The molecule has 0 radical (unpaired) electrons. The lowest BCUT2D eigenvalue weighted by Crippen LogP contribution is -2.60. The summed E-state index contributed by atoms with van der Waals surface area (Å²) < 4.78 is 0. The average Bonchev–Trinajstić information content (AvgIpc) is 3.22. The fourth-order valence-corrected chi connectivity index (χ4v) is 7.69. The monoisotopic (exact) mass is 445 g/mol. The first-order valence-electron chi connectivity index (χ1n) is 13.2. The lowest BCUT2D eigenvalue weighted by Gasteiger charge is -2.50. The Labute approximate surface area is 193 Å². The van der Waals surface area contributed by atoms with Gasteiger partial charge in [-0.2, -0.15) is 0 Å². The molecule has 4 N–H and O–H groups in total. The number of hydrogen-bond acceptors (Lipinski definition) is 5. The Balaban J connectivity index is 1.23. The van der Waals surface area contributed by atoms with Gasteiger partial charge in [-0.25, -0.2) is 5.43 Å². The Kier molecular flexibility index (Phi) is 6.52. The molecule has 0 aromatic heterocycles. The molecule has 32 heavy (non-hydrogen) atoms. The van der Waals surface area contributed by atoms with Crippen LogP contribution in [0, 0.1) is 29.6 Å². The molecule has 10 unspecified atom stereocenters. The number of nitrogens with zero attached hydrogens (tertiary/aromatic N) is 1. The first-order chi connectivity index (χ1) is 15.4. The molecule has 3 aliphatic heterocycles. The molecule has 180 valence electrons. The summed E-state index contributed by atoms with van der Waals surface area (Å²) in [5, 5.41) is 7.03. The number of fused-ring (bicyclic) bond motifs is 2. The number of carbonyl (C=O) groups is 2. The second-order valence-corrected chi connectivity index (χ2v) is 11.6. The van der Waals surface area contributed by atoms with E-state index in [1.165, 1.54) is 12.8 Å². The first kappa shape index (κ1) is 22.6. The summed E-state index contributed by atoms with van der Waals surface area (Å²) in [7, 11) is 2.02. The highest BCUT2D eigenvalue weighted by Gasteiger charge is 2.48. The molecule has 2 aliphatic carbocycles. The smallest absolute Gasteiger partial charge is 0.239 e. The van der Waals surface area contributed by atoms with Crippen LogP contribution in [0.4, 0.5) is 0 Å². The second kappa shape index (κ2) is 9.22. The molecular formula is C25H43N5O2. The van der Waals surface area contributed by atoms with Gasteiger partial charge < -0.3 is 15.5 Å². The predicted octanol–water partition coefficient (Wildman–Crippen LogP) is 1.79. The van der Waals surface area contributed by atoms with Gasteiger partial charge in [0.25, 0.3) is 0 Å². The minimum atomic E-state index is -0.114. The SMILES string of the molecule is CC1CC2C(CN1)CC(C1CC(NC(=O)C3NNC4CCCCC43)CCC1C)C(=O)N2C. The van der Waals surface area contributed by atoms with Crippen LogP contribution in [0.5, 0.6) is 0 Å². The van der Waals surface area contributed by atoms with E-state index in [-0.39, 0.29) is 23.9 Å². The molecule has 2 saturated carbocycles. The number of hydrogen-bond donors (Lipinski definition) is 4. The Hall–Kier alpha value is -1.18. The fraction of sp³-hybridized carbons (Fsp3) is 0.920. The third-order valence-corrected chi connectivity index (χ3v) is 9.66. The van der Waals surface area contributed by atoms with Crippen LogP contribution in [0.2, 0.25) is 0 Å². The summed E-state index contributed by atoms with van der Waals surface area (Å²) in [6, 6.07) is 1.38. The van der Waals surface area contributed by atoms with Crippen molar-refractivity contribution in [3.63, 3.8) is 0 Å². The number of piperidine rings is 2. The van der Waals surface area contributed by atoms with E-state index in [0.717, 1.165) is 51.5 Å². The van der Waals surface area contributed by atoms with Gasteiger partial charge >= 0.3 is 0 Å². The highest BCUT2D eigenvalue weighted by molar-refractivity contribution is 5.83. The van der Waals surface area contributed by atoms with Crippen molar-refractivity contribution in [3.8, 4) is 0 Å². The van der Waals surface area contributed by atoms with E-state index in [4.69, 9.17) is 0 Å². The fourth-order valence-electron chi connectivity index (χ4n) is 7.69. The van der Waals surface area contributed by atoms with Gasteiger partial charge in [0.2, 0.25) is 11.8 Å². The number of hydrazine groups is 1. The summed E-state index contributed by atoms with van der Waals surface area (Å²) in [5.41, 5.74) is 6.66. The number of rotatable bonds is 3. The van der Waals surface area contributed by atoms with Crippen LogP contribution in [-0.4, -0.2) is 60.5 Å². The number of amides is 2. The van der Waals surface area contributed by atoms with E-state index < -0.39 is 0 Å². The van der Waals surface area contributed by atoms with Crippen molar-refractivity contribution in [2.45, 2.75) is 102 Å². The Bertz CT molecular complexity index is 716. The summed E-state index contributed by atoms with van der Waals surface area (Å²) in [4.78, 5) is 28.7. The maximum absolute atomic E-state index is 13.4. The highest BCUT2D eigenvalue weighted by atomic mass is 16.2. The van der Waals surface area contributed by atoms with E-state index in [1.54, 1.807) is 0 Å². The van der Waals surface area contributed by atoms with Crippen molar-refractivity contribution in [2.75, 3.05) is 13.6 Å². The average molecular weight is 446 g/mol. The van der Waals surface area contributed by atoms with E-state index in [9.17, 15) is 9.59 Å². The van der Waals surface area contributed by atoms with Gasteiger partial charge in [-0.3, -0.25) is 15.0 Å². The van der Waals surface area contributed by atoms with E-state index in [0.29, 0.717) is 47.7 Å². The molecule has 5 rings (SSSR count). The molecule has 5 aliphatic rings. The normalized spacial score (nSPS) is 47.0. The van der Waals surface area contributed by atoms with Gasteiger partial charge in [0, 0.05) is 49.6 Å². The summed E-state index contributed by atoms with van der Waals surface area (Å²) in [5.74, 6) is 2.46. The van der Waals surface area contributed by atoms with Crippen LogP contribution in [0.25, 0.3) is 0 Å². The van der Waals surface area contributed by atoms with Crippen LogP contribution in [0.1, 0.15) is 71.6 Å². The lowest BCUT2D eigenvalue weighted by atomic mass is 9.65. The van der Waals surface area contributed by atoms with E-state index in [1.807, 2.05) is 7.05 Å². The van der Waals surface area contributed by atoms with Crippen LogP contribution < -0.4 is 21.5 Å². The molecule has 3 saturated heterocycles. The number of nitrogens with one attached hydrogen (secondary N) is 4. The largest absolute Gasteiger partial charge is 0.352 e. The quantitative estimate of drug-likeness (QED) is 0.532. The van der Waals surface area contributed by atoms with Crippen LogP contribution in [0.3, 0.4) is 0 Å². The molecule has 2 amide bonds. The predicted molar refractivity (Wildman–Crippen MR) is 124 cm³/mol. The summed E-state index contributed by atoms with van der Waals surface area (Å²) in [6.07, 6.45) is 9.89. The molecule has 7 nitrogen and oxygen atoms in total. The zero-order chi connectivity index (χ0) is 22.4. The van der Waals surface area contributed by atoms with E-state index in [2.05, 4.69) is 40.2 Å². The van der Waals surface area contributed by atoms with Gasteiger partial charge in [-0.15, -0.1) is 0 Å². The minimum Gasteiger partial charge on any atom is -0.352 e. The van der Waals surface area contributed by atoms with Gasteiger partial charge in [0.1, 0.15) is 6.04 Å². The first-order valence-corrected chi connectivity index (χ1v) is 13.2. The van der Waals surface area contributed by atoms with Crippen molar-refractivity contribution < 1.29 is 9.59 Å². The summed E-state index contributed by atoms with van der Waals surface area (Å²) >= 11 is 0. The standard InChI is InChI=1S/C25H43N5O2/c1-14-8-9-17(27-24(31)23-18-6-4-5-7-21(18)28-29-23)12-19(14)20-11-16-13-26-15(2)10-22(16)30(3)25(20)32/h14-23,26,28-29H,4-13H2,1-3H3,(H,27,31). The zero-order valence-electron chi connectivity index (χ0n) is 20.1. The third kappa shape index (κ3) is 4.21. The number of likely N-dealkylation sites (tertiary alicyclic amines) is 1. The molecule has 0 aromatic rings. The van der Waals surface area contributed by atoms with Crippen molar-refractivity contribution in [2.24, 2.45) is 29.6 Å². The van der Waals surface area contributed by atoms with E-state index >= 15 is 0 Å². The van der Waals surface area contributed by atoms with Gasteiger partial charge in [-0.05, 0) is 69.6 Å². The van der Waals surface area contributed by atoms with Crippen molar-refractivity contribution in [1.29, 1.82) is 0 Å². The van der Waals surface area contributed by atoms with Crippen LogP contribution in [-0.2, 0) is 9.59 Å². The Morgan fingerprint density at radius 3 is 2.66 bits per heavy atom. The topological polar surface area (TPSA) is 85.5 Å². The number of carbonyl (C=O) groups excluding carboxylic acids is 2. The van der Waals surface area contributed by atoms with Gasteiger partial charge in [0.15, 0.2) is 0 Å². The maximum Gasteiger partial charge on any atom is 0.239 e. The molecular weight excluding hydrogens is 402 g/mol. The summed E-state index contributed by atoms with van der Waals surface area (Å²) in [6.45, 7) is 5.56. The maximum atomic E-state index is 13.4. The second-order valence-electron chi connectivity index (χ2n) is 11.6. The van der Waals surface area contributed by atoms with Gasteiger partial charge in [-0.1, -0.05) is 19.8 Å². The molecule has 0 bridgehead atoms. The Morgan fingerprint density at radius 1 is 1.00 bits per heavy atom. The molecule has 5 fully saturated rings. The van der Waals surface area contributed by atoms with Crippen LogP contribution >= 0.6 is 0 Å². The van der Waals surface area contributed by atoms with Gasteiger partial charge in [0.05, 0.1) is 0 Å². The molecule has 10 atom stereocenters. The third-order valence-electron chi connectivity index (χ3n) is 9.66. The highest BCUT2D eigenvalue weighted by Crippen LogP contribution is 2.43. The molecule has 3 heterocycles. The molecule has 0 aromatic carbocycles.